The molecule has 3 rings (SSSR count). The van der Waals surface area contributed by atoms with Crippen molar-refractivity contribution in [3.05, 3.63) is 58.9 Å². The Kier molecular flexibility index (Phi) is 5.21. The van der Waals surface area contributed by atoms with E-state index in [0.29, 0.717) is 5.11 Å². The smallest absolute Gasteiger partial charge is 0.173 e. The summed E-state index contributed by atoms with van der Waals surface area (Å²) in [4.78, 5) is 4.47. The fourth-order valence-corrected chi connectivity index (χ4v) is 3.28. The monoisotopic (exact) mass is 363 g/mol. The Balaban J connectivity index is 1.59. The molecule has 1 N–H and O–H groups in total. The van der Waals surface area contributed by atoms with E-state index in [1.165, 1.54) is 23.4 Å². The SMILES string of the molecule is Cc1ccc(Cl)cc1N1CCN(C(=S)Nc2ccc(F)cc2)CC1. The van der Waals surface area contributed by atoms with E-state index in [2.05, 4.69) is 22.0 Å². The zero-order valence-corrected chi connectivity index (χ0v) is 15.0. The van der Waals surface area contributed by atoms with Crippen molar-refractivity contribution < 1.29 is 4.39 Å². The standard InChI is InChI=1S/C18H19ClFN3S/c1-13-2-3-14(19)12-17(13)22-8-10-23(11-9-22)18(24)21-16-6-4-15(20)5-7-16/h2-7,12H,8-11H2,1H3,(H,21,24). The average Bonchev–Trinajstić information content (AvgIpc) is 2.59. The lowest BCUT2D eigenvalue weighted by Gasteiger charge is -2.38. The van der Waals surface area contributed by atoms with Gasteiger partial charge < -0.3 is 15.1 Å². The van der Waals surface area contributed by atoms with Crippen molar-refractivity contribution in [3.63, 3.8) is 0 Å². The van der Waals surface area contributed by atoms with Crippen LogP contribution in [0, 0.1) is 12.7 Å². The maximum atomic E-state index is 13.0. The van der Waals surface area contributed by atoms with Crippen LogP contribution in [0.1, 0.15) is 5.56 Å². The minimum Gasteiger partial charge on any atom is -0.368 e. The highest BCUT2D eigenvalue weighted by molar-refractivity contribution is 7.80. The van der Waals surface area contributed by atoms with Gasteiger partial charge in [-0.05, 0) is 61.1 Å². The Morgan fingerprint density at radius 2 is 1.75 bits per heavy atom. The van der Waals surface area contributed by atoms with Gasteiger partial charge >= 0.3 is 0 Å². The van der Waals surface area contributed by atoms with E-state index in [1.807, 2.05) is 18.2 Å². The molecule has 1 aliphatic heterocycles. The van der Waals surface area contributed by atoms with Crippen LogP contribution >= 0.6 is 23.8 Å². The molecule has 0 aromatic heterocycles. The van der Waals surface area contributed by atoms with Gasteiger partial charge in [-0.25, -0.2) is 4.39 Å². The van der Waals surface area contributed by atoms with E-state index in [1.54, 1.807) is 12.1 Å². The Bertz CT molecular complexity index is 728. The summed E-state index contributed by atoms with van der Waals surface area (Å²) in [6.07, 6.45) is 0. The molecule has 0 unspecified atom stereocenters. The highest BCUT2D eigenvalue weighted by atomic mass is 35.5. The molecule has 0 aliphatic carbocycles. The number of rotatable bonds is 2. The molecule has 0 amide bonds. The van der Waals surface area contributed by atoms with Crippen molar-refractivity contribution in [1.82, 2.24) is 4.90 Å². The third-order valence-corrected chi connectivity index (χ3v) is 4.77. The Morgan fingerprint density at radius 1 is 1.08 bits per heavy atom. The third-order valence-electron chi connectivity index (χ3n) is 4.17. The van der Waals surface area contributed by atoms with Gasteiger partial charge in [0.05, 0.1) is 0 Å². The number of benzene rings is 2. The lowest BCUT2D eigenvalue weighted by Crippen LogP contribution is -2.50. The first kappa shape index (κ1) is 17.0. The summed E-state index contributed by atoms with van der Waals surface area (Å²) in [5.74, 6) is -0.253. The van der Waals surface area contributed by atoms with Gasteiger partial charge in [0.2, 0.25) is 0 Å². The molecule has 2 aromatic carbocycles. The molecule has 1 heterocycles. The normalized spacial score (nSPS) is 14.6. The number of piperazine rings is 1. The molecule has 0 radical (unpaired) electrons. The molecule has 0 bridgehead atoms. The second-order valence-electron chi connectivity index (χ2n) is 5.84. The highest BCUT2D eigenvalue weighted by Crippen LogP contribution is 2.25. The summed E-state index contributed by atoms with van der Waals surface area (Å²) in [6, 6.07) is 12.2. The summed E-state index contributed by atoms with van der Waals surface area (Å²) >= 11 is 11.6. The molecule has 3 nitrogen and oxygen atoms in total. The number of nitrogens with one attached hydrogen (secondary N) is 1. The topological polar surface area (TPSA) is 18.5 Å². The second-order valence-corrected chi connectivity index (χ2v) is 6.67. The fourth-order valence-electron chi connectivity index (χ4n) is 2.81. The first-order chi connectivity index (χ1) is 11.5. The van der Waals surface area contributed by atoms with E-state index in [-0.39, 0.29) is 5.82 Å². The molecule has 2 aromatic rings. The van der Waals surface area contributed by atoms with Gasteiger partial charge in [0.15, 0.2) is 5.11 Å². The zero-order chi connectivity index (χ0) is 17.1. The molecule has 1 fully saturated rings. The Hall–Kier alpha value is -1.85. The summed E-state index contributed by atoms with van der Waals surface area (Å²) in [5.41, 5.74) is 3.20. The van der Waals surface area contributed by atoms with Gasteiger partial charge in [0.25, 0.3) is 0 Å². The number of anilines is 2. The van der Waals surface area contributed by atoms with Crippen LogP contribution in [0.5, 0.6) is 0 Å². The van der Waals surface area contributed by atoms with Crippen LogP contribution in [-0.4, -0.2) is 36.2 Å². The molecule has 0 spiro atoms. The van der Waals surface area contributed by atoms with Crippen molar-refractivity contribution in [1.29, 1.82) is 0 Å². The van der Waals surface area contributed by atoms with E-state index in [9.17, 15) is 4.39 Å². The Labute approximate surface area is 152 Å². The number of nitrogens with zero attached hydrogens (tertiary/aromatic N) is 2. The predicted octanol–water partition coefficient (Wildman–Crippen LogP) is 4.31. The first-order valence-corrected chi connectivity index (χ1v) is 8.64. The van der Waals surface area contributed by atoms with Crippen molar-refractivity contribution in [2.75, 3.05) is 36.4 Å². The van der Waals surface area contributed by atoms with Crippen LogP contribution in [0.4, 0.5) is 15.8 Å². The van der Waals surface area contributed by atoms with E-state index < -0.39 is 0 Å². The second kappa shape index (κ2) is 7.36. The number of aryl methyl sites for hydroxylation is 1. The molecule has 0 saturated carbocycles. The van der Waals surface area contributed by atoms with Crippen molar-refractivity contribution >= 4 is 40.3 Å². The van der Waals surface area contributed by atoms with Crippen LogP contribution in [0.25, 0.3) is 0 Å². The molecule has 126 valence electrons. The quantitative estimate of drug-likeness (QED) is 0.801. The fraction of sp³-hybridized carbons (Fsp3) is 0.278. The lowest BCUT2D eigenvalue weighted by atomic mass is 10.1. The third kappa shape index (κ3) is 3.97. The van der Waals surface area contributed by atoms with Crippen molar-refractivity contribution in [2.45, 2.75) is 6.92 Å². The molecule has 6 heteroatoms. The largest absolute Gasteiger partial charge is 0.368 e. The van der Waals surface area contributed by atoms with Crippen LogP contribution in [0.15, 0.2) is 42.5 Å². The van der Waals surface area contributed by atoms with E-state index >= 15 is 0 Å². The minimum atomic E-state index is -0.253. The number of hydrogen-bond acceptors (Lipinski definition) is 2. The van der Waals surface area contributed by atoms with Gasteiger partial charge in [-0.3, -0.25) is 0 Å². The molecule has 1 aliphatic rings. The number of hydrogen-bond donors (Lipinski definition) is 1. The highest BCUT2D eigenvalue weighted by Gasteiger charge is 2.20. The van der Waals surface area contributed by atoms with Gasteiger partial charge in [-0.2, -0.15) is 0 Å². The summed E-state index contributed by atoms with van der Waals surface area (Å²) in [7, 11) is 0. The first-order valence-electron chi connectivity index (χ1n) is 7.85. The molecule has 0 atom stereocenters. The number of thiocarbonyl (C=S) groups is 1. The molecule has 1 saturated heterocycles. The molecular formula is C18H19ClFN3S. The van der Waals surface area contributed by atoms with Crippen LogP contribution in [0.3, 0.4) is 0 Å². The summed E-state index contributed by atoms with van der Waals surface area (Å²) < 4.78 is 13.0. The Morgan fingerprint density at radius 3 is 2.42 bits per heavy atom. The number of halogens is 2. The average molecular weight is 364 g/mol. The van der Waals surface area contributed by atoms with E-state index in [0.717, 1.165) is 36.9 Å². The maximum Gasteiger partial charge on any atom is 0.173 e. The maximum absolute atomic E-state index is 13.0. The molecular weight excluding hydrogens is 345 g/mol. The van der Waals surface area contributed by atoms with Gasteiger partial charge in [-0.15, -0.1) is 0 Å². The van der Waals surface area contributed by atoms with Gasteiger partial charge in [0.1, 0.15) is 5.82 Å². The van der Waals surface area contributed by atoms with Crippen molar-refractivity contribution in [3.8, 4) is 0 Å². The van der Waals surface area contributed by atoms with Gasteiger partial charge in [0, 0.05) is 42.6 Å². The minimum absolute atomic E-state index is 0.253. The van der Waals surface area contributed by atoms with Crippen LogP contribution in [0.2, 0.25) is 5.02 Å². The lowest BCUT2D eigenvalue weighted by molar-refractivity contribution is 0.390. The van der Waals surface area contributed by atoms with Crippen LogP contribution < -0.4 is 10.2 Å². The van der Waals surface area contributed by atoms with Gasteiger partial charge in [-0.1, -0.05) is 17.7 Å². The van der Waals surface area contributed by atoms with Crippen LogP contribution in [-0.2, 0) is 0 Å². The molecule has 24 heavy (non-hydrogen) atoms. The predicted molar refractivity (Wildman–Crippen MR) is 103 cm³/mol. The van der Waals surface area contributed by atoms with Crippen molar-refractivity contribution in [2.24, 2.45) is 0 Å². The zero-order valence-electron chi connectivity index (χ0n) is 13.4. The summed E-state index contributed by atoms with van der Waals surface area (Å²) in [5, 5.41) is 4.59. The van der Waals surface area contributed by atoms with E-state index in [4.69, 9.17) is 23.8 Å². The summed E-state index contributed by atoms with van der Waals surface area (Å²) in [6.45, 7) is 5.52.